The molecule has 0 fully saturated rings. The Bertz CT molecular complexity index is 768. The number of aromatic nitrogens is 1. The molecule has 0 unspecified atom stereocenters. The average Bonchev–Trinajstić information content (AvgIpc) is 2.90. The van der Waals surface area contributed by atoms with Crippen molar-refractivity contribution in [3.8, 4) is 0 Å². The molecule has 0 bridgehead atoms. The monoisotopic (exact) mass is 354 g/mol. The van der Waals surface area contributed by atoms with Crippen molar-refractivity contribution in [2.75, 3.05) is 18.0 Å². The first kappa shape index (κ1) is 19.8. The van der Waals surface area contributed by atoms with E-state index in [-0.39, 0.29) is 5.91 Å². The van der Waals surface area contributed by atoms with Gasteiger partial charge in [-0.05, 0) is 71.9 Å². The summed E-state index contributed by atoms with van der Waals surface area (Å²) in [6, 6.07) is 10.1. The Labute approximate surface area is 156 Å². The van der Waals surface area contributed by atoms with E-state index < -0.39 is 0 Å². The van der Waals surface area contributed by atoms with E-state index in [0.29, 0.717) is 11.6 Å². The molecular weight excluding hydrogens is 324 g/mol. The quantitative estimate of drug-likeness (QED) is 0.595. The van der Waals surface area contributed by atoms with Crippen LogP contribution >= 0.6 is 0 Å². The Morgan fingerprint density at radius 3 is 2.31 bits per heavy atom. The van der Waals surface area contributed by atoms with Crippen LogP contribution in [0.3, 0.4) is 0 Å². The highest BCUT2D eigenvalue weighted by Crippen LogP contribution is 2.18. The highest BCUT2D eigenvalue weighted by molar-refractivity contribution is 5.95. The second-order valence-electron chi connectivity index (χ2n) is 6.71. The number of amides is 1. The largest absolute Gasteiger partial charge is 0.372 e. The average molecular weight is 354 g/mol. The third kappa shape index (κ3) is 4.34. The predicted molar refractivity (Wildman–Crippen MR) is 109 cm³/mol. The summed E-state index contributed by atoms with van der Waals surface area (Å²) in [5.74, 6) is -0.204. The summed E-state index contributed by atoms with van der Waals surface area (Å²) < 4.78 is 2.26. The Hall–Kier alpha value is -2.56. The second-order valence-corrected chi connectivity index (χ2v) is 6.71. The van der Waals surface area contributed by atoms with Crippen molar-refractivity contribution in [1.82, 2.24) is 9.99 Å². The van der Waals surface area contributed by atoms with Gasteiger partial charge in [0.1, 0.15) is 0 Å². The maximum absolute atomic E-state index is 12.3. The summed E-state index contributed by atoms with van der Waals surface area (Å²) in [7, 11) is 0. The van der Waals surface area contributed by atoms with E-state index in [9.17, 15) is 4.79 Å². The van der Waals surface area contributed by atoms with Crippen LogP contribution in [0.5, 0.6) is 0 Å². The highest BCUT2D eigenvalue weighted by atomic mass is 16.2. The molecule has 1 amide bonds. The summed E-state index contributed by atoms with van der Waals surface area (Å²) in [4.78, 5) is 14.5. The van der Waals surface area contributed by atoms with Crippen molar-refractivity contribution in [3.63, 3.8) is 0 Å². The summed E-state index contributed by atoms with van der Waals surface area (Å²) >= 11 is 0. The molecule has 2 aromatic rings. The van der Waals surface area contributed by atoms with Gasteiger partial charge in [-0.3, -0.25) is 4.79 Å². The number of aryl methyl sites for hydroxylation is 1. The van der Waals surface area contributed by atoms with Gasteiger partial charge in [0.2, 0.25) is 0 Å². The molecule has 26 heavy (non-hydrogen) atoms. The zero-order chi connectivity index (χ0) is 19.3. The van der Waals surface area contributed by atoms with Gasteiger partial charge < -0.3 is 9.47 Å². The first-order valence-corrected chi connectivity index (χ1v) is 9.25. The van der Waals surface area contributed by atoms with E-state index in [2.05, 4.69) is 67.6 Å². The summed E-state index contributed by atoms with van der Waals surface area (Å²) in [5, 5.41) is 4.13. The molecule has 5 heteroatoms. The Morgan fingerprint density at radius 2 is 1.81 bits per heavy atom. The van der Waals surface area contributed by atoms with Crippen LogP contribution in [0, 0.1) is 13.8 Å². The number of nitrogens with zero attached hydrogens (tertiary/aromatic N) is 3. The number of hydrogen-bond donors (Lipinski definition) is 1. The first-order chi connectivity index (χ1) is 12.4. The van der Waals surface area contributed by atoms with Gasteiger partial charge in [0, 0.05) is 47.3 Å². The topological polar surface area (TPSA) is 49.6 Å². The minimum Gasteiger partial charge on any atom is -0.372 e. The van der Waals surface area contributed by atoms with Crippen LogP contribution in [0.4, 0.5) is 5.69 Å². The molecule has 1 N–H and O–H groups in total. The lowest BCUT2D eigenvalue weighted by atomic mass is 10.2. The molecule has 0 saturated heterocycles. The van der Waals surface area contributed by atoms with Crippen molar-refractivity contribution in [3.05, 3.63) is 52.8 Å². The van der Waals surface area contributed by atoms with Gasteiger partial charge in [-0.1, -0.05) is 0 Å². The number of carbonyl (C=O) groups excluding carboxylic acids is 1. The molecule has 1 aromatic carbocycles. The third-order valence-electron chi connectivity index (χ3n) is 4.67. The van der Waals surface area contributed by atoms with E-state index >= 15 is 0 Å². The lowest BCUT2D eigenvalue weighted by Crippen LogP contribution is -2.22. The Kier molecular flexibility index (Phi) is 6.61. The van der Waals surface area contributed by atoms with Crippen molar-refractivity contribution >= 4 is 17.8 Å². The van der Waals surface area contributed by atoms with Gasteiger partial charge in [0.15, 0.2) is 0 Å². The van der Waals surface area contributed by atoms with E-state index in [1.807, 2.05) is 24.3 Å². The molecule has 1 aromatic heterocycles. The fourth-order valence-electron chi connectivity index (χ4n) is 3.37. The zero-order valence-corrected chi connectivity index (χ0v) is 16.7. The minimum atomic E-state index is -0.204. The second kappa shape index (κ2) is 8.70. The van der Waals surface area contributed by atoms with E-state index in [1.54, 1.807) is 6.21 Å². The summed E-state index contributed by atoms with van der Waals surface area (Å²) in [6.07, 6.45) is 1.71. The first-order valence-electron chi connectivity index (χ1n) is 9.25. The van der Waals surface area contributed by atoms with Crippen LogP contribution in [-0.4, -0.2) is 29.8 Å². The molecule has 2 rings (SSSR count). The van der Waals surface area contributed by atoms with Gasteiger partial charge in [0.05, 0.1) is 6.21 Å². The Morgan fingerprint density at radius 1 is 1.19 bits per heavy atom. The van der Waals surface area contributed by atoms with Gasteiger partial charge in [-0.25, -0.2) is 5.43 Å². The fraction of sp³-hybridized carbons (Fsp3) is 0.429. The maximum Gasteiger partial charge on any atom is 0.271 e. The molecule has 0 aliphatic heterocycles. The molecule has 0 aliphatic rings. The number of rotatable bonds is 7. The van der Waals surface area contributed by atoms with Gasteiger partial charge in [-0.2, -0.15) is 5.10 Å². The Balaban J connectivity index is 2.05. The molecule has 0 saturated carbocycles. The molecule has 0 spiro atoms. The van der Waals surface area contributed by atoms with Crippen LogP contribution < -0.4 is 10.3 Å². The highest BCUT2D eigenvalue weighted by Gasteiger charge is 2.10. The van der Waals surface area contributed by atoms with Crippen molar-refractivity contribution < 1.29 is 4.79 Å². The third-order valence-corrected chi connectivity index (χ3v) is 4.67. The number of benzene rings is 1. The van der Waals surface area contributed by atoms with E-state index in [4.69, 9.17) is 0 Å². The molecule has 1 heterocycles. The van der Waals surface area contributed by atoms with Gasteiger partial charge in [0.25, 0.3) is 5.91 Å². The number of anilines is 1. The summed E-state index contributed by atoms with van der Waals surface area (Å²) in [5.41, 5.74) is 7.71. The summed E-state index contributed by atoms with van der Waals surface area (Å²) in [6.45, 7) is 14.6. The number of hydrazone groups is 1. The zero-order valence-electron chi connectivity index (χ0n) is 16.7. The standard InChI is InChI=1S/C21H30N4O/c1-7-24(8-2)20-11-9-18(10-12-20)21(26)23-22-14-19-13-16(5)25(15(3)4)17(19)6/h9-15H,7-8H2,1-6H3,(H,23,26)/b22-14-. The molecule has 140 valence electrons. The van der Waals surface area contributed by atoms with Gasteiger partial charge in [-0.15, -0.1) is 0 Å². The van der Waals surface area contributed by atoms with Gasteiger partial charge >= 0.3 is 0 Å². The van der Waals surface area contributed by atoms with Crippen LogP contribution in [-0.2, 0) is 0 Å². The molecule has 0 atom stereocenters. The lowest BCUT2D eigenvalue weighted by molar-refractivity contribution is 0.0955. The van der Waals surface area contributed by atoms with Crippen LogP contribution in [0.15, 0.2) is 35.4 Å². The smallest absolute Gasteiger partial charge is 0.271 e. The van der Waals surface area contributed by atoms with Crippen LogP contribution in [0.1, 0.15) is 61.0 Å². The van der Waals surface area contributed by atoms with Crippen molar-refractivity contribution in [2.45, 2.75) is 47.6 Å². The van der Waals surface area contributed by atoms with Crippen LogP contribution in [0.2, 0.25) is 0 Å². The molecule has 0 aliphatic carbocycles. The normalized spacial score (nSPS) is 11.3. The fourth-order valence-corrected chi connectivity index (χ4v) is 3.37. The molecular formula is C21H30N4O. The molecule has 0 radical (unpaired) electrons. The molecule has 5 nitrogen and oxygen atoms in total. The maximum atomic E-state index is 12.3. The van der Waals surface area contributed by atoms with E-state index in [1.165, 1.54) is 5.69 Å². The number of nitrogens with one attached hydrogen (secondary N) is 1. The van der Waals surface area contributed by atoms with E-state index in [0.717, 1.165) is 30.0 Å². The van der Waals surface area contributed by atoms with Crippen molar-refractivity contribution in [1.29, 1.82) is 0 Å². The number of carbonyl (C=O) groups is 1. The van der Waals surface area contributed by atoms with Crippen molar-refractivity contribution in [2.24, 2.45) is 5.10 Å². The SMILES string of the molecule is CCN(CC)c1ccc(C(=O)N/N=C\c2cc(C)n(C(C)C)c2C)cc1. The lowest BCUT2D eigenvalue weighted by Gasteiger charge is -2.20. The predicted octanol–water partition coefficient (Wildman–Crippen LogP) is 4.30. The minimum absolute atomic E-state index is 0.204. The van der Waals surface area contributed by atoms with Crippen LogP contribution in [0.25, 0.3) is 0 Å². The number of hydrogen-bond acceptors (Lipinski definition) is 3.